The lowest BCUT2D eigenvalue weighted by molar-refractivity contribution is -0.132. The summed E-state index contributed by atoms with van der Waals surface area (Å²) in [6.07, 6.45) is 0.398. The van der Waals surface area contributed by atoms with Crippen LogP contribution in [-0.4, -0.2) is 40.7 Å². The van der Waals surface area contributed by atoms with Gasteiger partial charge in [-0.3, -0.25) is 9.59 Å². The van der Waals surface area contributed by atoms with Gasteiger partial charge in [-0.25, -0.2) is 0 Å². The van der Waals surface area contributed by atoms with Gasteiger partial charge in [-0.1, -0.05) is 15.9 Å². The number of alkyl halides is 1. The van der Waals surface area contributed by atoms with E-state index in [0.29, 0.717) is 26.1 Å². The van der Waals surface area contributed by atoms with E-state index in [4.69, 9.17) is 0 Å². The SMILES string of the molecule is CC(C)(Br)C(=O)N1CCNC(=O)CC1. The van der Waals surface area contributed by atoms with Crippen molar-refractivity contribution < 1.29 is 9.59 Å². The summed E-state index contributed by atoms with van der Waals surface area (Å²) in [5.74, 6) is 0.0571. The number of hydrogen-bond donors (Lipinski definition) is 1. The third kappa shape index (κ3) is 2.97. The molecule has 0 atom stereocenters. The second kappa shape index (κ2) is 4.29. The lowest BCUT2D eigenvalue weighted by Crippen LogP contribution is -2.43. The fourth-order valence-corrected chi connectivity index (χ4v) is 1.60. The molecule has 1 aliphatic heterocycles. The first kappa shape index (κ1) is 11.5. The maximum absolute atomic E-state index is 11.8. The molecule has 1 N–H and O–H groups in total. The molecular formula is C9H15BrN2O2. The summed E-state index contributed by atoms with van der Waals surface area (Å²) < 4.78 is -0.541. The molecule has 0 saturated carbocycles. The second-order valence-corrected chi connectivity index (χ2v) is 5.85. The maximum Gasteiger partial charge on any atom is 0.238 e. The highest BCUT2D eigenvalue weighted by Crippen LogP contribution is 2.19. The molecule has 0 bridgehead atoms. The maximum atomic E-state index is 11.8. The van der Waals surface area contributed by atoms with Gasteiger partial charge in [0.05, 0.1) is 4.32 Å². The number of hydrogen-bond acceptors (Lipinski definition) is 2. The topological polar surface area (TPSA) is 49.4 Å². The van der Waals surface area contributed by atoms with Crippen molar-refractivity contribution >= 4 is 27.7 Å². The number of halogens is 1. The Kier molecular flexibility index (Phi) is 3.53. The minimum Gasteiger partial charge on any atom is -0.354 e. The number of nitrogens with one attached hydrogen (secondary N) is 1. The largest absolute Gasteiger partial charge is 0.354 e. The highest BCUT2D eigenvalue weighted by atomic mass is 79.9. The summed E-state index contributed by atoms with van der Waals surface area (Å²) in [6.45, 7) is 5.29. The molecule has 0 aromatic rings. The van der Waals surface area contributed by atoms with Crippen LogP contribution in [0.4, 0.5) is 0 Å². The first-order valence-electron chi connectivity index (χ1n) is 4.66. The van der Waals surface area contributed by atoms with Crippen LogP contribution < -0.4 is 5.32 Å². The molecule has 0 aromatic heterocycles. The molecule has 1 fully saturated rings. The molecule has 1 rings (SSSR count). The molecule has 0 aromatic carbocycles. The van der Waals surface area contributed by atoms with Gasteiger partial charge in [0.1, 0.15) is 0 Å². The van der Waals surface area contributed by atoms with Crippen molar-refractivity contribution in [3.63, 3.8) is 0 Å². The van der Waals surface area contributed by atoms with Gasteiger partial charge in [0, 0.05) is 26.1 Å². The van der Waals surface area contributed by atoms with Crippen molar-refractivity contribution in [3.05, 3.63) is 0 Å². The average molecular weight is 263 g/mol. The van der Waals surface area contributed by atoms with E-state index in [2.05, 4.69) is 21.2 Å². The van der Waals surface area contributed by atoms with E-state index in [-0.39, 0.29) is 11.8 Å². The Balaban J connectivity index is 2.60. The van der Waals surface area contributed by atoms with Crippen molar-refractivity contribution in [1.29, 1.82) is 0 Å². The molecule has 1 saturated heterocycles. The number of carbonyl (C=O) groups is 2. The van der Waals surface area contributed by atoms with E-state index < -0.39 is 4.32 Å². The smallest absolute Gasteiger partial charge is 0.238 e. The Bertz CT molecular complexity index is 248. The van der Waals surface area contributed by atoms with E-state index >= 15 is 0 Å². The summed E-state index contributed by atoms with van der Waals surface area (Å²) in [4.78, 5) is 24.6. The number of rotatable bonds is 1. The van der Waals surface area contributed by atoms with Crippen LogP contribution in [-0.2, 0) is 9.59 Å². The number of carbonyl (C=O) groups excluding carboxylic acids is 2. The fraction of sp³-hybridized carbons (Fsp3) is 0.778. The van der Waals surface area contributed by atoms with E-state index in [1.807, 2.05) is 13.8 Å². The van der Waals surface area contributed by atoms with Crippen LogP contribution in [0.25, 0.3) is 0 Å². The van der Waals surface area contributed by atoms with E-state index in [1.165, 1.54) is 0 Å². The molecule has 2 amide bonds. The zero-order chi connectivity index (χ0) is 10.8. The lowest BCUT2D eigenvalue weighted by atomic mass is 10.2. The zero-order valence-corrected chi connectivity index (χ0v) is 10.1. The van der Waals surface area contributed by atoms with Gasteiger partial charge in [0.25, 0.3) is 0 Å². The van der Waals surface area contributed by atoms with Crippen LogP contribution in [0.2, 0.25) is 0 Å². The molecule has 0 radical (unpaired) electrons. The minimum atomic E-state index is -0.541. The molecule has 1 aliphatic rings. The summed E-state index contributed by atoms with van der Waals surface area (Å²) in [7, 11) is 0. The molecule has 1 heterocycles. The third-order valence-electron chi connectivity index (χ3n) is 2.11. The van der Waals surface area contributed by atoms with E-state index in [1.54, 1.807) is 4.90 Å². The van der Waals surface area contributed by atoms with Crippen LogP contribution in [0.5, 0.6) is 0 Å². The zero-order valence-electron chi connectivity index (χ0n) is 8.47. The normalized spacial score (nSPS) is 18.8. The van der Waals surface area contributed by atoms with E-state index in [9.17, 15) is 9.59 Å². The van der Waals surface area contributed by atoms with Crippen LogP contribution in [0.1, 0.15) is 20.3 Å². The summed E-state index contributed by atoms with van der Waals surface area (Å²) in [6, 6.07) is 0. The molecule has 14 heavy (non-hydrogen) atoms. The Hall–Kier alpha value is -0.580. The third-order valence-corrected chi connectivity index (χ3v) is 2.45. The van der Waals surface area contributed by atoms with Gasteiger partial charge in [0.2, 0.25) is 11.8 Å². The van der Waals surface area contributed by atoms with Crippen molar-refractivity contribution in [2.45, 2.75) is 24.6 Å². The van der Waals surface area contributed by atoms with E-state index in [0.717, 1.165) is 0 Å². The Labute approximate surface area is 92.2 Å². The fourth-order valence-electron chi connectivity index (χ4n) is 1.35. The standard InChI is InChI=1S/C9H15BrN2O2/c1-9(2,10)8(14)12-5-3-7(13)11-4-6-12/h3-6H2,1-2H3,(H,11,13). The monoisotopic (exact) mass is 262 g/mol. The molecule has 5 heteroatoms. The Morgan fingerprint density at radius 1 is 1.50 bits per heavy atom. The highest BCUT2D eigenvalue weighted by Gasteiger charge is 2.29. The van der Waals surface area contributed by atoms with Gasteiger partial charge in [0.15, 0.2) is 0 Å². The number of amides is 2. The van der Waals surface area contributed by atoms with Crippen molar-refractivity contribution in [1.82, 2.24) is 10.2 Å². The van der Waals surface area contributed by atoms with Gasteiger partial charge in [-0.2, -0.15) is 0 Å². The minimum absolute atomic E-state index is 0.0210. The van der Waals surface area contributed by atoms with Crippen LogP contribution >= 0.6 is 15.9 Å². The second-order valence-electron chi connectivity index (χ2n) is 3.86. The molecule has 0 spiro atoms. The first-order chi connectivity index (χ1) is 6.41. The van der Waals surface area contributed by atoms with Gasteiger partial charge >= 0.3 is 0 Å². The highest BCUT2D eigenvalue weighted by molar-refractivity contribution is 9.10. The molecule has 0 aliphatic carbocycles. The number of nitrogens with zero attached hydrogens (tertiary/aromatic N) is 1. The predicted molar refractivity (Wildman–Crippen MR) is 57.2 cm³/mol. The van der Waals surface area contributed by atoms with Crippen LogP contribution in [0.3, 0.4) is 0 Å². The van der Waals surface area contributed by atoms with Crippen LogP contribution in [0.15, 0.2) is 0 Å². The lowest BCUT2D eigenvalue weighted by Gasteiger charge is -2.26. The van der Waals surface area contributed by atoms with Crippen molar-refractivity contribution in [2.24, 2.45) is 0 Å². The molecular weight excluding hydrogens is 248 g/mol. The van der Waals surface area contributed by atoms with Crippen molar-refractivity contribution in [2.75, 3.05) is 19.6 Å². The summed E-state index contributed by atoms with van der Waals surface area (Å²) in [5, 5.41) is 2.73. The quantitative estimate of drug-likeness (QED) is 0.701. The van der Waals surface area contributed by atoms with Crippen molar-refractivity contribution in [3.8, 4) is 0 Å². The van der Waals surface area contributed by atoms with Gasteiger partial charge in [-0.15, -0.1) is 0 Å². The van der Waals surface area contributed by atoms with Gasteiger partial charge < -0.3 is 10.2 Å². The van der Waals surface area contributed by atoms with Crippen LogP contribution in [0, 0.1) is 0 Å². The summed E-state index contributed by atoms with van der Waals surface area (Å²) in [5.41, 5.74) is 0. The molecule has 80 valence electrons. The molecule has 0 unspecified atom stereocenters. The first-order valence-corrected chi connectivity index (χ1v) is 5.45. The Morgan fingerprint density at radius 3 is 2.71 bits per heavy atom. The average Bonchev–Trinajstić information content (AvgIpc) is 2.27. The Morgan fingerprint density at radius 2 is 2.14 bits per heavy atom. The predicted octanol–water partition coefficient (Wildman–Crippen LogP) is 0.508. The summed E-state index contributed by atoms with van der Waals surface area (Å²) >= 11 is 3.32. The van der Waals surface area contributed by atoms with Gasteiger partial charge in [-0.05, 0) is 13.8 Å². The molecule has 4 nitrogen and oxygen atoms in total.